The van der Waals surface area contributed by atoms with Gasteiger partial charge in [0.2, 0.25) is 0 Å². The monoisotopic (exact) mass is 430 g/mol. The van der Waals surface area contributed by atoms with Crippen LogP contribution in [0.2, 0.25) is 0 Å². The molecule has 1 aliphatic heterocycles. The van der Waals surface area contributed by atoms with Crippen LogP contribution >= 0.6 is 0 Å². The van der Waals surface area contributed by atoms with Crippen LogP contribution in [0.1, 0.15) is 69.1 Å². The summed E-state index contributed by atoms with van der Waals surface area (Å²) in [6.07, 6.45) is 4.53. The molecule has 0 unspecified atom stereocenters. The van der Waals surface area contributed by atoms with E-state index in [1.807, 2.05) is 19.1 Å². The highest BCUT2D eigenvalue weighted by atomic mass is 16.5. The Balaban J connectivity index is 1.73. The topological polar surface area (TPSA) is 68.3 Å². The molecule has 4 rings (SSSR count). The number of carbonyl (C=O) groups excluding carboxylic acids is 2. The molecule has 0 bridgehead atoms. The van der Waals surface area contributed by atoms with E-state index < -0.39 is 11.9 Å². The third-order valence-corrected chi connectivity index (χ3v) is 6.52. The number of rotatable bonds is 3. The lowest BCUT2D eigenvalue weighted by Gasteiger charge is -2.36. The Morgan fingerprint density at radius 2 is 1.69 bits per heavy atom. The van der Waals surface area contributed by atoms with Gasteiger partial charge in [0.15, 0.2) is 5.78 Å². The van der Waals surface area contributed by atoms with Crippen LogP contribution in [0.15, 0.2) is 71.3 Å². The van der Waals surface area contributed by atoms with Gasteiger partial charge in [0.05, 0.1) is 12.7 Å². The fraction of sp³-hybridized carbons (Fsp3) is 0.370. The number of carbonyl (C=O) groups is 2. The highest BCUT2D eigenvalue weighted by Gasteiger charge is 2.41. The molecule has 2 aromatic rings. The van der Waals surface area contributed by atoms with E-state index in [9.17, 15) is 9.59 Å². The molecule has 2 aliphatic rings. The maximum Gasteiger partial charge on any atom is 0.336 e. The van der Waals surface area contributed by atoms with Crippen molar-refractivity contribution in [1.82, 2.24) is 10.3 Å². The smallest absolute Gasteiger partial charge is 0.336 e. The number of hydrogen-bond donors (Lipinski definition) is 1. The van der Waals surface area contributed by atoms with Crippen molar-refractivity contribution in [1.29, 1.82) is 0 Å². The van der Waals surface area contributed by atoms with E-state index in [4.69, 9.17) is 4.74 Å². The largest absolute Gasteiger partial charge is 0.466 e. The van der Waals surface area contributed by atoms with Crippen molar-refractivity contribution in [3.05, 3.63) is 88.0 Å². The minimum absolute atomic E-state index is 0.0689. The quantitative estimate of drug-likeness (QED) is 0.701. The van der Waals surface area contributed by atoms with Gasteiger partial charge in [-0.15, -0.1) is 0 Å². The summed E-state index contributed by atoms with van der Waals surface area (Å²) in [5, 5.41) is 3.37. The van der Waals surface area contributed by atoms with Gasteiger partial charge < -0.3 is 10.1 Å². The van der Waals surface area contributed by atoms with Crippen LogP contribution in [0.25, 0.3) is 0 Å². The number of pyridine rings is 1. The first kappa shape index (κ1) is 22.0. The Kier molecular flexibility index (Phi) is 5.76. The van der Waals surface area contributed by atoms with Gasteiger partial charge in [-0.25, -0.2) is 4.79 Å². The number of esters is 1. The van der Waals surface area contributed by atoms with E-state index in [1.54, 1.807) is 12.4 Å². The van der Waals surface area contributed by atoms with Gasteiger partial charge in [-0.1, -0.05) is 45.0 Å². The molecule has 0 radical (unpaired) electrons. The van der Waals surface area contributed by atoms with Crippen molar-refractivity contribution in [3.8, 4) is 0 Å². The molecule has 1 aromatic carbocycles. The van der Waals surface area contributed by atoms with Gasteiger partial charge in [-0.05, 0) is 53.5 Å². The number of allylic oxidation sites excluding steroid dienone is 3. The SMILES string of the molecule is COC(=O)C1=C(C)NC2=C(C(=O)C[C@@H](c3ccc(C(C)(C)C)cc3)C2)[C@H]1c1ccncc1. The first-order chi connectivity index (χ1) is 15.2. The van der Waals surface area contributed by atoms with Crippen molar-refractivity contribution in [2.24, 2.45) is 0 Å². The number of methoxy groups -OCH3 is 1. The molecule has 32 heavy (non-hydrogen) atoms. The van der Waals surface area contributed by atoms with E-state index in [0.29, 0.717) is 17.6 Å². The zero-order valence-electron chi connectivity index (χ0n) is 19.4. The van der Waals surface area contributed by atoms with E-state index in [2.05, 4.69) is 55.3 Å². The lowest BCUT2D eigenvalue weighted by atomic mass is 9.71. The van der Waals surface area contributed by atoms with Crippen LogP contribution in [0.3, 0.4) is 0 Å². The summed E-state index contributed by atoms with van der Waals surface area (Å²) in [5.41, 5.74) is 6.19. The van der Waals surface area contributed by atoms with Gasteiger partial charge in [0.25, 0.3) is 0 Å². The van der Waals surface area contributed by atoms with E-state index in [0.717, 1.165) is 23.4 Å². The maximum atomic E-state index is 13.5. The Bertz CT molecular complexity index is 1110. The molecular weight excluding hydrogens is 400 g/mol. The van der Waals surface area contributed by atoms with Crippen LogP contribution in [0.5, 0.6) is 0 Å². The van der Waals surface area contributed by atoms with Crippen LogP contribution < -0.4 is 5.32 Å². The van der Waals surface area contributed by atoms with Crippen molar-refractivity contribution < 1.29 is 14.3 Å². The van der Waals surface area contributed by atoms with Gasteiger partial charge in [-0.3, -0.25) is 9.78 Å². The molecule has 0 spiro atoms. The third kappa shape index (κ3) is 3.99. The van der Waals surface area contributed by atoms with Crippen molar-refractivity contribution in [3.63, 3.8) is 0 Å². The molecule has 1 aromatic heterocycles. The summed E-state index contributed by atoms with van der Waals surface area (Å²) in [7, 11) is 1.37. The summed E-state index contributed by atoms with van der Waals surface area (Å²) in [5.74, 6) is -0.692. The van der Waals surface area contributed by atoms with E-state index in [-0.39, 0.29) is 17.1 Å². The minimum atomic E-state index is -0.446. The summed E-state index contributed by atoms with van der Waals surface area (Å²) in [6.45, 7) is 8.46. The van der Waals surface area contributed by atoms with Crippen LogP contribution in [0.4, 0.5) is 0 Å². The second kappa shape index (κ2) is 8.38. The van der Waals surface area contributed by atoms with Crippen LogP contribution in [-0.4, -0.2) is 23.8 Å². The number of ketones is 1. The molecule has 0 amide bonds. The Labute approximate surface area is 189 Å². The summed E-state index contributed by atoms with van der Waals surface area (Å²) < 4.78 is 5.07. The summed E-state index contributed by atoms with van der Waals surface area (Å²) in [6, 6.07) is 12.4. The van der Waals surface area contributed by atoms with E-state index in [1.165, 1.54) is 18.2 Å². The molecular formula is C27H30N2O3. The summed E-state index contributed by atoms with van der Waals surface area (Å²) >= 11 is 0. The second-order valence-corrected chi connectivity index (χ2v) is 9.66. The predicted octanol–water partition coefficient (Wildman–Crippen LogP) is 4.91. The van der Waals surface area contributed by atoms with Gasteiger partial charge in [0.1, 0.15) is 0 Å². The number of nitrogens with one attached hydrogen (secondary N) is 1. The standard InChI is InChI=1S/C27H30N2O3/c1-16-23(26(31)32-5)24(18-10-12-28-13-11-18)25-21(29-16)14-19(15-22(25)30)17-6-8-20(9-7-17)27(2,3)4/h6-13,19,24,29H,14-15H2,1-5H3/t19-,24-/m0/s1. The van der Waals surface area contributed by atoms with Crippen LogP contribution in [-0.2, 0) is 19.7 Å². The Morgan fingerprint density at radius 3 is 2.28 bits per heavy atom. The molecule has 0 saturated heterocycles. The fourth-order valence-electron chi connectivity index (χ4n) is 4.80. The van der Waals surface area contributed by atoms with Crippen molar-refractivity contribution in [2.45, 2.75) is 57.8 Å². The Morgan fingerprint density at radius 1 is 1.03 bits per heavy atom. The second-order valence-electron chi connectivity index (χ2n) is 9.66. The minimum Gasteiger partial charge on any atom is -0.466 e. The lowest BCUT2D eigenvalue weighted by molar-refractivity contribution is -0.136. The molecule has 0 fully saturated rings. The highest BCUT2D eigenvalue weighted by molar-refractivity contribution is 6.04. The Hall–Kier alpha value is -3.21. The average molecular weight is 431 g/mol. The number of benzene rings is 1. The number of dihydropyridines is 1. The van der Waals surface area contributed by atoms with E-state index >= 15 is 0 Å². The fourth-order valence-corrected chi connectivity index (χ4v) is 4.80. The normalized spacial score (nSPS) is 21.2. The number of Topliss-reactive ketones (excluding diaryl/α,β-unsaturated/α-hetero) is 1. The number of aromatic nitrogens is 1. The number of nitrogens with zero attached hydrogens (tertiary/aromatic N) is 1. The van der Waals surface area contributed by atoms with Gasteiger partial charge in [0, 0.05) is 41.7 Å². The number of ether oxygens (including phenoxy) is 1. The molecule has 1 aliphatic carbocycles. The van der Waals surface area contributed by atoms with Crippen molar-refractivity contribution in [2.75, 3.05) is 7.11 Å². The maximum absolute atomic E-state index is 13.5. The zero-order chi connectivity index (χ0) is 23.0. The highest BCUT2D eigenvalue weighted by Crippen LogP contribution is 2.45. The molecule has 5 nitrogen and oxygen atoms in total. The van der Waals surface area contributed by atoms with Crippen molar-refractivity contribution >= 4 is 11.8 Å². The third-order valence-electron chi connectivity index (χ3n) is 6.52. The molecule has 2 heterocycles. The molecule has 2 atom stereocenters. The zero-order valence-corrected chi connectivity index (χ0v) is 19.4. The molecule has 1 N–H and O–H groups in total. The predicted molar refractivity (Wildman–Crippen MR) is 124 cm³/mol. The molecule has 0 saturated carbocycles. The average Bonchev–Trinajstić information content (AvgIpc) is 2.77. The molecule has 5 heteroatoms. The first-order valence-corrected chi connectivity index (χ1v) is 11.0. The lowest BCUT2D eigenvalue weighted by Crippen LogP contribution is -2.36. The van der Waals surface area contributed by atoms with Crippen LogP contribution in [0, 0.1) is 0 Å². The first-order valence-electron chi connectivity index (χ1n) is 11.0. The summed E-state index contributed by atoms with van der Waals surface area (Å²) in [4.78, 5) is 30.3. The van der Waals surface area contributed by atoms with Gasteiger partial charge in [-0.2, -0.15) is 0 Å². The number of hydrogen-bond acceptors (Lipinski definition) is 5. The molecule has 166 valence electrons. The van der Waals surface area contributed by atoms with Gasteiger partial charge >= 0.3 is 5.97 Å².